The van der Waals surface area contributed by atoms with Crippen molar-refractivity contribution in [3.05, 3.63) is 66.9 Å². The summed E-state index contributed by atoms with van der Waals surface area (Å²) >= 11 is 0. The first-order valence-corrected chi connectivity index (χ1v) is 11.6. The van der Waals surface area contributed by atoms with Gasteiger partial charge in [-0.2, -0.15) is 0 Å². The molecule has 2 N–H and O–H groups in total. The molecule has 0 amide bonds. The lowest BCUT2D eigenvalue weighted by molar-refractivity contribution is 0.344. The van der Waals surface area contributed by atoms with E-state index in [4.69, 9.17) is 0 Å². The summed E-state index contributed by atoms with van der Waals surface area (Å²) in [6.07, 6.45) is 4.08. The van der Waals surface area contributed by atoms with Crippen LogP contribution < -0.4 is 10.0 Å². The van der Waals surface area contributed by atoms with Crippen molar-refractivity contribution in [2.45, 2.75) is 17.7 Å². The number of nitrogens with zero attached hydrogens (tertiary/aromatic N) is 3. The molecule has 0 saturated carbocycles. The number of rotatable bonds is 8. The van der Waals surface area contributed by atoms with Gasteiger partial charge in [-0.1, -0.05) is 30.3 Å². The third-order valence-electron chi connectivity index (χ3n) is 5.06. The molecular weight excluding hydrogens is 398 g/mol. The van der Waals surface area contributed by atoms with E-state index in [0.29, 0.717) is 12.5 Å². The number of sulfonamides is 1. The molecule has 0 spiro atoms. The average molecular weight is 424 g/mol. The van der Waals surface area contributed by atoms with Gasteiger partial charge >= 0.3 is 0 Å². The van der Waals surface area contributed by atoms with E-state index in [2.05, 4.69) is 24.9 Å². The molecule has 0 bridgehead atoms. The van der Waals surface area contributed by atoms with E-state index in [-0.39, 0.29) is 4.90 Å². The second kappa shape index (κ2) is 9.34. The Bertz CT molecular complexity index is 1070. The Morgan fingerprint density at radius 3 is 2.40 bits per heavy atom. The summed E-state index contributed by atoms with van der Waals surface area (Å²) in [6.45, 7) is 3.27. The van der Waals surface area contributed by atoms with E-state index >= 15 is 0 Å². The van der Waals surface area contributed by atoms with Gasteiger partial charge in [-0.05, 0) is 56.3 Å². The molecular formula is C22H25N5O2S. The van der Waals surface area contributed by atoms with Crippen LogP contribution in [0.2, 0.25) is 0 Å². The van der Waals surface area contributed by atoms with Crippen LogP contribution in [0.1, 0.15) is 12.8 Å². The number of nitrogens with one attached hydrogen (secondary N) is 2. The van der Waals surface area contributed by atoms with Gasteiger partial charge in [0.25, 0.3) is 0 Å². The SMILES string of the molecule is O=S(=O)(NCCN1CCCC1)c1ccc(Nc2nccc(-c3ccccc3)n2)cc1. The number of anilines is 2. The number of hydrogen-bond acceptors (Lipinski definition) is 6. The van der Waals surface area contributed by atoms with Crippen molar-refractivity contribution in [1.29, 1.82) is 0 Å². The van der Waals surface area contributed by atoms with Crippen LogP contribution in [-0.2, 0) is 10.0 Å². The summed E-state index contributed by atoms with van der Waals surface area (Å²) in [5.74, 6) is 0.454. The zero-order chi connectivity index (χ0) is 20.8. The molecule has 1 saturated heterocycles. The highest BCUT2D eigenvalue weighted by Gasteiger charge is 2.16. The predicted molar refractivity (Wildman–Crippen MR) is 118 cm³/mol. The van der Waals surface area contributed by atoms with E-state index < -0.39 is 10.0 Å². The summed E-state index contributed by atoms with van der Waals surface area (Å²) in [5, 5.41) is 3.13. The minimum atomic E-state index is -3.52. The molecule has 156 valence electrons. The van der Waals surface area contributed by atoms with Gasteiger partial charge in [0, 0.05) is 30.5 Å². The summed E-state index contributed by atoms with van der Waals surface area (Å²) < 4.78 is 27.7. The number of likely N-dealkylation sites (tertiary alicyclic amines) is 1. The first-order valence-electron chi connectivity index (χ1n) is 10.1. The Balaban J connectivity index is 1.38. The van der Waals surface area contributed by atoms with Crippen molar-refractivity contribution in [2.75, 3.05) is 31.5 Å². The molecule has 30 heavy (non-hydrogen) atoms. The fourth-order valence-corrected chi connectivity index (χ4v) is 4.48. The van der Waals surface area contributed by atoms with Gasteiger partial charge in [-0.25, -0.2) is 23.1 Å². The molecule has 1 fully saturated rings. The molecule has 2 aromatic carbocycles. The van der Waals surface area contributed by atoms with Crippen LogP contribution >= 0.6 is 0 Å². The van der Waals surface area contributed by atoms with Crippen LogP contribution in [0, 0.1) is 0 Å². The lowest BCUT2D eigenvalue weighted by Gasteiger charge is -2.15. The van der Waals surface area contributed by atoms with Crippen LogP contribution in [0.25, 0.3) is 11.3 Å². The van der Waals surface area contributed by atoms with E-state index in [9.17, 15) is 8.42 Å². The van der Waals surface area contributed by atoms with Crippen LogP contribution in [0.4, 0.5) is 11.6 Å². The van der Waals surface area contributed by atoms with Gasteiger partial charge in [0.15, 0.2) is 0 Å². The van der Waals surface area contributed by atoms with Gasteiger partial charge in [-0.3, -0.25) is 0 Å². The lowest BCUT2D eigenvalue weighted by Crippen LogP contribution is -2.33. The summed E-state index contributed by atoms with van der Waals surface area (Å²) in [7, 11) is -3.52. The average Bonchev–Trinajstić information content (AvgIpc) is 3.28. The molecule has 7 nitrogen and oxygen atoms in total. The maximum atomic E-state index is 12.5. The van der Waals surface area contributed by atoms with Crippen LogP contribution in [-0.4, -0.2) is 49.5 Å². The Morgan fingerprint density at radius 2 is 1.67 bits per heavy atom. The molecule has 1 aliphatic rings. The maximum Gasteiger partial charge on any atom is 0.240 e. The Kier molecular flexibility index (Phi) is 6.37. The molecule has 0 aliphatic carbocycles. The first-order chi connectivity index (χ1) is 14.6. The largest absolute Gasteiger partial charge is 0.324 e. The van der Waals surface area contributed by atoms with E-state index in [1.807, 2.05) is 36.4 Å². The van der Waals surface area contributed by atoms with E-state index in [1.54, 1.807) is 30.5 Å². The topological polar surface area (TPSA) is 87.2 Å². The van der Waals surface area contributed by atoms with Crippen molar-refractivity contribution < 1.29 is 8.42 Å². The fourth-order valence-electron chi connectivity index (χ4n) is 3.46. The predicted octanol–water partition coefficient (Wildman–Crippen LogP) is 3.26. The third kappa shape index (κ3) is 5.21. The Hall–Kier alpha value is -2.81. The zero-order valence-electron chi connectivity index (χ0n) is 16.7. The molecule has 2 heterocycles. The molecule has 1 aliphatic heterocycles. The minimum absolute atomic E-state index is 0.244. The lowest BCUT2D eigenvalue weighted by atomic mass is 10.1. The summed E-state index contributed by atoms with van der Waals surface area (Å²) in [6, 6.07) is 18.3. The molecule has 0 radical (unpaired) electrons. The Morgan fingerprint density at radius 1 is 0.933 bits per heavy atom. The van der Waals surface area contributed by atoms with Crippen molar-refractivity contribution in [3.63, 3.8) is 0 Å². The molecule has 0 unspecified atom stereocenters. The summed E-state index contributed by atoms with van der Waals surface area (Å²) in [5.41, 5.74) is 2.54. The van der Waals surface area contributed by atoms with Gasteiger partial charge in [-0.15, -0.1) is 0 Å². The monoisotopic (exact) mass is 423 g/mol. The standard InChI is InChI=1S/C22H25N5O2S/c28-30(29,24-14-17-27-15-4-5-16-27)20-10-8-19(9-11-20)25-22-23-13-12-21(26-22)18-6-2-1-3-7-18/h1-3,6-13,24H,4-5,14-17H2,(H,23,25,26). The van der Waals surface area contributed by atoms with Crippen LogP contribution in [0.5, 0.6) is 0 Å². The fraction of sp³-hybridized carbons (Fsp3) is 0.273. The van der Waals surface area contributed by atoms with Gasteiger partial charge < -0.3 is 10.2 Å². The highest BCUT2D eigenvalue weighted by atomic mass is 32.2. The smallest absolute Gasteiger partial charge is 0.240 e. The number of aromatic nitrogens is 2. The highest BCUT2D eigenvalue weighted by molar-refractivity contribution is 7.89. The van der Waals surface area contributed by atoms with Crippen molar-refractivity contribution in [2.24, 2.45) is 0 Å². The van der Waals surface area contributed by atoms with Crippen LogP contribution in [0.15, 0.2) is 71.8 Å². The van der Waals surface area contributed by atoms with E-state index in [0.717, 1.165) is 36.6 Å². The molecule has 3 aromatic rings. The van der Waals surface area contributed by atoms with Gasteiger partial charge in [0.05, 0.1) is 10.6 Å². The van der Waals surface area contributed by atoms with Gasteiger partial charge in [0.2, 0.25) is 16.0 Å². The first kappa shape index (κ1) is 20.5. The molecule has 0 atom stereocenters. The molecule has 4 rings (SSSR count). The highest BCUT2D eigenvalue weighted by Crippen LogP contribution is 2.20. The second-order valence-corrected chi connectivity index (χ2v) is 8.99. The zero-order valence-corrected chi connectivity index (χ0v) is 17.5. The number of hydrogen-bond donors (Lipinski definition) is 2. The molecule has 1 aromatic heterocycles. The maximum absolute atomic E-state index is 12.5. The van der Waals surface area contributed by atoms with Crippen molar-refractivity contribution in [1.82, 2.24) is 19.6 Å². The van der Waals surface area contributed by atoms with Crippen molar-refractivity contribution >= 4 is 21.7 Å². The quantitative estimate of drug-likeness (QED) is 0.578. The summed E-state index contributed by atoms with van der Waals surface area (Å²) in [4.78, 5) is 11.3. The minimum Gasteiger partial charge on any atom is -0.324 e. The second-order valence-electron chi connectivity index (χ2n) is 7.23. The normalized spacial score (nSPS) is 14.7. The van der Waals surface area contributed by atoms with Crippen molar-refractivity contribution in [3.8, 4) is 11.3 Å². The van der Waals surface area contributed by atoms with Gasteiger partial charge in [0.1, 0.15) is 0 Å². The molecule has 8 heteroatoms. The number of benzene rings is 2. The third-order valence-corrected chi connectivity index (χ3v) is 6.54. The van der Waals surface area contributed by atoms with Crippen LogP contribution in [0.3, 0.4) is 0 Å². The van der Waals surface area contributed by atoms with E-state index in [1.165, 1.54) is 12.8 Å². The Labute approximate surface area is 177 Å².